The zero-order valence-corrected chi connectivity index (χ0v) is 15.8. The van der Waals surface area contributed by atoms with Crippen LogP contribution in [0.5, 0.6) is 0 Å². The van der Waals surface area contributed by atoms with E-state index < -0.39 is 10.2 Å². The summed E-state index contributed by atoms with van der Waals surface area (Å²) in [6.45, 7) is 5.27. The van der Waals surface area contributed by atoms with Crippen molar-refractivity contribution in [1.29, 1.82) is 0 Å². The van der Waals surface area contributed by atoms with Gasteiger partial charge in [-0.2, -0.15) is 12.7 Å². The van der Waals surface area contributed by atoms with Crippen LogP contribution in [0.3, 0.4) is 0 Å². The van der Waals surface area contributed by atoms with Crippen molar-refractivity contribution in [2.75, 3.05) is 44.1 Å². The number of nitrogens with zero attached hydrogens (tertiary/aromatic N) is 4. The van der Waals surface area contributed by atoms with E-state index in [1.54, 1.807) is 6.07 Å². The van der Waals surface area contributed by atoms with Crippen molar-refractivity contribution >= 4 is 26.9 Å². The van der Waals surface area contributed by atoms with Gasteiger partial charge in [-0.15, -0.1) is 0 Å². The minimum Gasteiger partial charge on any atom is -0.379 e. The van der Waals surface area contributed by atoms with Gasteiger partial charge in [-0.1, -0.05) is 0 Å². The lowest BCUT2D eigenvalue weighted by atomic mass is 10.3. The Balaban J connectivity index is 1.55. The van der Waals surface area contributed by atoms with Crippen molar-refractivity contribution in [3.63, 3.8) is 0 Å². The van der Waals surface area contributed by atoms with Crippen LogP contribution in [0, 0.1) is 0 Å². The van der Waals surface area contributed by atoms with Crippen LogP contribution in [0.25, 0.3) is 11.0 Å². The van der Waals surface area contributed by atoms with Gasteiger partial charge >= 0.3 is 10.2 Å². The summed E-state index contributed by atoms with van der Waals surface area (Å²) in [6, 6.07) is 5.54. The summed E-state index contributed by atoms with van der Waals surface area (Å²) in [4.78, 5) is 7.05. The maximum atomic E-state index is 12.4. The Morgan fingerprint density at radius 2 is 1.88 bits per heavy atom. The van der Waals surface area contributed by atoms with Gasteiger partial charge in [0.05, 0.1) is 36.5 Å². The van der Waals surface area contributed by atoms with Crippen molar-refractivity contribution in [2.45, 2.75) is 19.4 Å². The van der Waals surface area contributed by atoms with Gasteiger partial charge in [-0.05, 0) is 31.0 Å². The number of rotatable bonds is 5. The van der Waals surface area contributed by atoms with Crippen LogP contribution in [-0.4, -0.2) is 66.6 Å². The molecule has 1 aromatic heterocycles. The number of hydrogen-bond donors (Lipinski definition) is 1. The molecular weight excluding hydrogens is 354 g/mol. The molecule has 8 nitrogen and oxygen atoms in total. The highest BCUT2D eigenvalue weighted by atomic mass is 32.2. The highest BCUT2D eigenvalue weighted by Crippen LogP contribution is 2.23. The summed E-state index contributed by atoms with van der Waals surface area (Å²) in [5, 5.41) is 0. The summed E-state index contributed by atoms with van der Waals surface area (Å²) in [5.74, 6) is 0.974. The number of hydrogen-bond acceptors (Lipinski definition) is 5. The lowest BCUT2D eigenvalue weighted by Gasteiger charge is -2.26. The second-order valence-corrected chi connectivity index (χ2v) is 8.56. The maximum absolute atomic E-state index is 12.4. The lowest BCUT2D eigenvalue weighted by Crippen LogP contribution is -2.36. The van der Waals surface area contributed by atoms with Crippen molar-refractivity contribution < 1.29 is 13.2 Å². The third-order valence-corrected chi connectivity index (χ3v) is 6.63. The van der Waals surface area contributed by atoms with Gasteiger partial charge in [0.2, 0.25) is 0 Å². The highest BCUT2D eigenvalue weighted by molar-refractivity contribution is 7.90. The smallest absolute Gasteiger partial charge is 0.301 e. The SMILES string of the molecule is Cn1c(CN2CCOCC2)nc2cc(NS(=O)(=O)N3CCCC3)ccc21. The van der Waals surface area contributed by atoms with Crippen molar-refractivity contribution in [3.8, 4) is 0 Å². The fourth-order valence-corrected chi connectivity index (χ4v) is 4.85. The topological polar surface area (TPSA) is 79.7 Å². The van der Waals surface area contributed by atoms with E-state index in [-0.39, 0.29) is 0 Å². The minimum atomic E-state index is -3.48. The molecule has 2 saturated heterocycles. The summed E-state index contributed by atoms with van der Waals surface area (Å²) < 4.78 is 36.5. The van der Waals surface area contributed by atoms with E-state index in [1.807, 2.05) is 19.2 Å². The summed E-state index contributed by atoms with van der Waals surface area (Å²) in [5.41, 5.74) is 2.36. The number of fused-ring (bicyclic) bond motifs is 1. The Labute approximate surface area is 153 Å². The summed E-state index contributed by atoms with van der Waals surface area (Å²) in [7, 11) is -1.48. The zero-order valence-electron chi connectivity index (χ0n) is 15.0. The van der Waals surface area contributed by atoms with Crippen LogP contribution in [0.2, 0.25) is 0 Å². The third-order valence-electron chi connectivity index (χ3n) is 5.09. The molecule has 0 bridgehead atoms. The lowest BCUT2D eigenvalue weighted by molar-refractivity contribution is 0.0328. The Hall–Kier alpha value is -1.68. The molecule has 2 aliphatic rings. The summed E-state index contributed by atoms with van der Waals surface area (Å²) in [6.07, 6.45) is 1.84. The molecule has 0 spiro atoms. The molecule has 1 N–H and O–H groups in total. The van der Waals surface area contributed by atoms with Crippen LogP contribution in [0.15, 0.2) is 18.2 Å². The molecule has 26 heavy (non-hydrogen) atoms. The van der Waals surface area contributed by atoms with Gasteiger partial charge in [-0.3, -0.25) is 9.62 Å². The number of aromatic nitrogens is 2. The molecule has 0 radical (unpaired) electrons. The first kappa shape index (κ1) is 17.7. The van der Waals surface area contributed by atoms with Gasteiger partial charge in [0.25, 0.3) is 0 Å². The van der Waals surface area contributed by atoms with Crippen molar-refractivity contribution in [2.24, 2.45) is 7.05 Å². The van der Waals surface area contributed by atoms with Crippen molar-refractivity contribution in [1.82, 2.24) is 18.8 Å². The van der Waals surface area contributed by atoms with Crippen LogP contribution < -0.4 is 4.72 Å². The fourth-order valence-electron chi connectivity index (χ4n) is 3.56. The summed E-state index contributed by atoms with van der Waals surface area (Å²) >= 11 is 0. The quantitative estimate of drug-likeness (QED) is 0.843. The first-order valence-electron chi connectivity index (χ1n) is 9.06. The van der Waals surface area contributed by atoms with Crippen LogP contribution in [-0.2, 0) is 28.5 Å². The molecule has 0 saturated carbocycles. The van der Waals surface area contributed by atoms with Gasteiger partial charge in [-0.25, -0.2) is 4.98 Å². The maximum Gasteiger partial charge on any atom is 0.301 e. The monoisotopic (exact) mass is 379 g/mol. The number of anilines is 1. The second-order valence-electron chi connectivity index (χ2n) is 6.89. The fraction of sp³-hybridized carbons (Fsp3) is 0.588. The molecule has 142 valence electrons. The van der Waals surface area contributed by atoms with Crippen LogP contribution >= 0.6 is 0 Å². The average Bonchev–Trinajstić information content (AvgIpc) is 3.26. The van der Waals surface area contributed by atoms with Crippen LogP contribution in [0.1, 0.15) is 18.7 Å². The Morgan fingerprint density at radius 1 is 1.15 bits per heavy atom. The molecule has 4 rings (SSSR count). The van der Waals surface area contributed by atoms with E-state index in [4.69, 9.17) is 9.72 Å². The van der Waals surface area contributed by atoms with Gasteiger partial charge in [0.1, 0.15) is 5.82 Å². The molecule has 0 unspecified atom stereocenters. The molecule has 2 fully saturated rings. The molecule has 1 aromatic carbocycles. The number of aryl methyl sites for hydroxylation is 1. The number of nitrogens with one attached hydrogen (secondary N) is 1. The standard InChI is InChI=1S/C17H25N5O3S/c1-20-16-5-4-14(19-26(23,24)22-6-2-3-7-22)12-15(16)18-17(20)13-21-8-10-25-11-9-21/h4-5,12,19H,2-3,6-11,13H2,1H3. The van der Waals surface area contributed by atoms with E-state index in [2.05, 4.69) is 14.2 Å². The van der Waals surface area contributed by atoms with Gasteiger partial charge in [0, 0.05) is 33.2 Å². The first-order valence-corrected chi connectivity index (χ1v) is 10.5. The Morgan fingerprint density at radius 3 is 2.62 bits per heavy atom. The van der Waals surface area contributed by atoms with Crippen LogP contribution in [0.4, 0.5) is 5.69 Å². The molecule has 0 aliphatic carbocycles. The molecular formula is C17H25N5O3S. The van der Waals surface area contributed by atoms with Gasteiger partial charge in [0.15, 0.2) is 0 Å². The predicted molar refractivity (Wildman–Crippen MR) is 100 cm³/mol. The van der Waals surface area contributed by atoms with Gasteiger partial charge < -0.3 is 9.30 Å². The highest BCUT2D eigenvalue weighted by Gasteiger charge is 2.25. The average molecular weight is 379 g/mol. The Kier molecular flexibility index (Phi) is 4.87. The van der Waals surface area contributed by atoms with E-state index in [0.29, 0.717) is 18.8 Å². The van der Waals surface area contributed by atoms with E-state index in [0.717, 1.165) is 62.5 Å². The predicted octanol–water partition coefficient (Wildman–Crippen LogP) is 1.16. The normalized spacial score (nSPS) is 20.0. The zero-order chi connectivity index (χ0) is 18.1. The Bertz CT molecular complexity index is 883. The minimum absolute atomic E-state index is 0.556. The largest absolute Gasteiger partial charge is 0.379 e. The number of morpholine rings is 1. The van der Waals surface area contributed by atoms with E-state index in [1.165, 1.54) is 4.31 Å². The van der Waals surface area contributed by atoms with E-state index in [9.17, 15) is 8.42 Å². The number of benzene rings is 1. The van der Waals surface area contributed by atoms with E-state index >= 15 is 0 Å². The first-order chi connectivity index (χ1) is 12.5. The second kappa shape index (κ2) is 7.15. The third kappa shape index (κ3) is 3.57. The number of imidazole rings is 1. The molecule has 0 atom stereocenters. The molecule has 2 aliphatic heterocycles. The van der Waals surface area contributed by atoms with Crippen molar-refractivity contribution in [3.05, 3.63) is 24.0 Å². The molecule has 2 aromatic rings. The molecule has 9 heteroatoms. The molecule has 0 amide bonds. The number of ether oxygens (including phenoxy) is 1. The molecule has 3 heterocycles.